The van der Waals surface area contributed by atoms with Gasteiger partial charge in [-0.3, -0.25) is 0 Å². The van der Waals surface area contributed by atoms with Crippen LogP contribution in [0.3, 0.4) is 0 Å². The largest absolute Gasteiger partial charge is 0.508 e. The summed E-state index contributed by atoms with van der Waals surface area (Å²) in [5, 5.41) is 21.7. The highest BCUT2D eigenvalue weighted by atomic mass is 19.2. The quantitative estimate of drug-likeness (QED) is 0.146. The number of hydrogen-bond acceptors (Lipinski definition) is 11. The number of rotatable bonds is 17. The van der Waals surface area contributed by atoms with Gasteiger partial charge < -0.3 is 43.4 Å². The maximum atomic E-state index is 13.5. The van der Waals surface area contributed by atoms with Gasteiger partial charge in [-0.25, -0.2) is 18.4 Å². The van der Waals surface area contributed by atoms with Crippen molar-refractivity contribution in [2.45, 2.75) is 37.1 Å². The van der Waals surface area contributed by atoms with Crippen LogP contribution in [-0.4, -0.2) is 86.1 Å². The molecule has 0 unspecified atom stereocenters. The van der Waals surface area contributed by atoms with E-state index in [2.05, 4.69) is 19.7 Å². The molecule has 1 aliphatic heterocycles. The van der Waals surface area contributed by atoms with E-state index in [-0.39, 0.29) is 32.0 Å². The molecule has 248 valence electrons. The molecule has 3 rings (SSSR count). The molecule has 2 aromatic carbocycles. The summed E-state index contributed by atoms with van der Waals surface area (Å²) in [6.07, 6.45) is -1.84. The van der Waals surface area contributed by atoms with E-state index in [9.17, 15) is 28.6 Å². The minimum Gasteiger partial charge on any atom is -0.486 e. The van der Waals surface area contributed by atoms with Crippen LogP contribution in [0.1, 0.15) is 11.1 Å². The monoisotopic (exact) mass is 646 g/mol. The highest BCUT2D eigenvalue weighted by molar-refractivity contribution is 5.87. The average molecular weight is 647 g/mol. The van der Waals surface area contributed by atoms with Crippen molar-refractivity contribution < 1.29 is 61.7 Å². The number of benzene rings is 2. The topological polar surface area (TPSA) is 139 Å². The first-order chi connectivity index (χ1) is 22.2. The molecular weight excluding hydrogens is 610 g/mol. The predicted molar refractivity (Wildman–Crippen MR) is 161 cm³/mol. The molecule has 2 aromatic rings. The Bertz CT molecular complexity index is 1380. The Balaban J connectivity index is 1.68. The van der Waals surface area contributed by atoms with Crippen molar-refractivity contribution in [1.82, 2.24) is 0 Å². The predicted octanol–water partition coefficient (Wildman–Crippen LogP) is 4.06. The zero-order chi connectivity index (χ0) is 33.5. The Hall–Kier alpha value is -4.56. The number of carbonyl (C=O) groups excluding carboxylic acids is 2. The molecule has 13 heteroatoms. The zero-order valence-corrected chi connectivity index (χ0v) is 24.9. The summed E-state index contributed by atoms with van der Waals surface area (Å²) in [7, 11) is 0. The lowest BCUT2D eigenvalue weighted by molar-refractivity contribution is -0.302. The Morgan fingerprint density at radius 1 is 0.870 bits per heavy atom. The Kier molecular flexibility index (Phi) is 14.4. The number of carbonyl (C=O) groups is 2. The first-order valence-corrected chi connectivity index (χ1v) is 14.1. The zero-order valence-electron chi connectivity index (χ0n) is 24.9. The minimum atomic E-state index is -1.74. The third-order valence-electron chi connectivity index (χ3n) is 6.33. The molecule has 0 radical (unpaired) electrons. The van der Waals surface area contributed by atoms with Crippen LogP contribution in [0.5, 0.6) is 11.5 Å². The summed E-state index contributed by atoms with van der Waals surface area (Å²) in [4.78, 5) is 24.5. The van der Waals surface area contributed by atoms with Gasteiger partial charge in [-0.05, 0) is 47.9 Å². The van der Waals surface area contributed by atoms with E-state index in [0.717, 1.165) is 29.8 Å². The van der Waals surface area contributed by atoms with Crippen LogP contribution in [0, 0.1) is 11.6 Å². The van der Waals surface area contributed by atoms with E-state index in [4.69, 9.17) is 33.2 Å². The summed E-state index contributed by atoms with van der Waals surface area (Å²) in [5.41, 5.74) is 0.952. The molecule has 0 bridgehead atoms. The molecule has 1 aliphatic rings. The van der Waals surface area contributed by atoms with Gasteiger partial charge in [0, 0.05) is 6.08 Å². The maximum Gasteiger partial charge on any atom is 0.508 e. The Morgan fingerprint density at radius 2 is 1.59 bits per heavy atom. The van der Waals surface area contributed by atoms with E-state index >= 15 is 0 Å². The van der Waals surface area contributed by atoms with Gasteiger partial charge >= 0.3 is 12.1 Å². The molecule has 1 fully saturated rings. The van der Waals surface area contributed by atoms with Gasteiger partial charge in [0.15, 0.2) is 35.5 Å². The first kappa shape index (κ1) is 35.9. The molecule has 0 aromatic heterocycles. The van der Waals surface area contributed by atoms with Crippen LogP contribution >= 0.6 is 0 Å². The number of ether oxygens (including phenoxy) is 7. The molecule has 0 amide bonds. The van der Waals surface area contributed by atoms with Crippen molar-refractivity contribution in [2.24, 2.45) is 0 Å². The Morgan fingerprint density at radius 3 is 2.28 bits per heavy atom. The lowest BCUT2D eigenvalue weighted by Gasteiger charge is -2.41. The molecule has 0 spiro atoms. The fraction of sp³-hybridized carbons (Fsp3) is 0.333. The third-order valence-corrected chi connectivity index (χ3v) is 6.33. The van der Waals surface area contributed by atoms with E-state index in [0.29, 0.717) is 17.9 Å². The van der Waals surface area contributed by atoms with Crippen molar-refractivity contribution in [1.29, 1.82) is 0 Å². The summed E-state index contributed by atoms with van der Waals surface area (Å²) in [5.74, 6) is -2.20. The van der Waals surface area contributed by atoms with Crippen molar-refractivity contribution in [3.05, 3.63) is 103 Å². The lowest BCUT2D eigenvalue weighted by Crippen LogP contribution is -2.60. The number of esters is 1. The number of aliphatic hydroxyl groups excluding tert-OH is 2. The van der Waals surface area contributed by atoms with Gasteiger partial charge in [-0.1, -0.05) is 50.1 Å². The molecule has 0 aliphatic carbocycles. The smallest absolute Gasteiger partial charge is 0.486 e. The second kappa shape index (κ2) is 18.4. The van der Waals surface area contributed by atoms with Crippen molar-refractivity contribution in [3.63, 3.8) is 0 Å². The molecule has 46 heavy (non-hydrogen) atoms. The van der Waals surface area contributed by atoms with Gasteiger partial charge in [-0.2, -0.15) is 0 Å². The van der Waals surface area contributed by atoms with E-state index in [1.807, 2.05) is 0 Å². The molecular formula is C33H36F2O11. The second-order valence-electron chi connectivity index (χ2n) is 9.69. The van der Waals surface area contributed by atoms with Crippen molar-refractivity contribution in [2.75, 3.05) is 33.0 Å². The van der Waals surface area contributed by atoms with Crippen LogP contribution in [0.4, 0.5) is 13.6 Å². The molecule has 5 atom stereocenters. The van der Waals surface area contributed by atoms with Crippen molar-refractivity contribution >= 4 is 18.2 Å². The average Bonchev–Trinajstić information content (AvgIpc) is 3.05. The van der Waals surface area contributed by atoms with Crippen LogP contribution in [0.15, 0.2) is 80.4 Å². The first-order valence-electron chi connectivity index (χ1n) is 14.1. The molecule has 1 heterocycles. The van der Waals surface area contributed by atoms with Crippen LogP contribution in [-0.2, 0) is 34.9 Å². The molecule has 1 saturated heterocycles. The van der Waals surface area contributed by atoms with Gasteiger partial charge in [0.1, 0.15) is 44.7 Å². The van der Waals surface area contributed by atoms with Gasteiger partial charge in [0.05, 0.1) is 6.61 Å². The Labute approximate surface area is 264 Å². The fourth-order valence-corrected chi connectivity index (χ4v) is 4.13. The van der Waals surface area contributed by atoms with Crippen LogP contribution in [0.25, 0.3) is 6.08 Å². The van der Waals surface area contributed by atoms with E-state index in [1.54, 1.807) is 30.4 Å². The highest BCUT2D eigenvalue weighted by Gasteiger charge is 2.47. The van der Waals surface area contributed by atoms with E-state index in [1.165, 1.54) is 12.1 Å². The summed E-state index contributed by atoms with van der Waals surface area (Å²) in [6, 6.07) is 8.27. The van der Waals surface area contributed by atoms with Crippen molar-refractivity contribution in [3.8, 4) is 11.5 Å². The molecule has 0 saturated carbocycles. The summed E-state index contributed by atoms with van der Waals surface area (Å²) >= 11 is 0. The van der Waals surface area contributed by atoms with Crippen LogP contribution < -0.4 is 9.47 Å². The standard InChI is InChI=1S/C33H36F2O11/c1-4-14-40-25-11-8-22(19-26(25)41-15-5-2)13-17-42-32-30(38)29(37)31(27(45-32)20-44-33(39)43-16-6-3)46-28(36)12-9-21-7-10-23(34)24(35)18-21/h4-12,18-19,27,29-32,37-38H,1-3,13-17,20H2/b12-9+/t27-,29-,30-,31-,32-/m0/s1. The van der Waals surface area contributed by atoms with E-state index < -0.39 is 61.1 Å². The third kappa shape index (κ3) is 10.8. The summed E-state index contributed by atoms with van der Waals surface area (Å²) in [6.45, 7) is 10.6. The number of aliphatic hydroxyl groups is 2. The lowest BCUT2D eigenvalue weighted by atomic mass is 9.99. The van der Waals surface area contributed by atoms with Crippen LogP contribution in [0.2, 0.25) is 0 Å². The minimum absolute atomic E-state index is 0.0125. The summed E-state index contributed by atoms with van der Waals surface area (Å²) < 4.78 is 64.6. The fourth-order valence-electron chi connectivity index (χ4n) is 4.13. The molecule has 2 N–H and O–H groups in total. The number of hydrogen-bond donors (Lipinski definition) is 2. The van der Waals surface area contributed by atoms with Gasteiger partial charge in [-0.15, -0.1) is 0 Å². The molecule has 11 nitrogen and oxygen atoms in total. The number of halogens is 2. The highest BCUT2D eigenvalue weighted by Crippen LogP contribution is 2.30. The normalized spacial score (nSPS) is 20.8. The maximum absolute atomic E-state index is 13.5. The SMILES string of the molecule is C=CCOC(=O)OC[C@@H]1O[C@H](OCCc2ccc(OCC=C)c(OCC=C)c2)[C@@H](O)[C@H](O)[C@H]1OC(=O)/C=C/c1ccc(F)c(F)c1. The van der Waals surface area contributed by atoms with Gasteiger partial charge in [0.2, 0.25) is 0 Å². The van der Waals surface area contributed by atoms with Gasteiger partial charge in [0.25, 0.3) is 0 Å². The second-order valence-corrected chi connectivity index (χ2v) is 9.69.